The van der Waals surface area contributed by atoms with Crippen LogP contribution >= 0.6 is 0 Å². The minimum absolute atomic E-state index is 0.717. The topological polar surface area (TPSA) is 12.5 Å². The molecule has 0 aliphatic rings. The van der Waals surface area contributed by atoms with Crippen molar-refractivity contribution in [1.29, 1.82) is 0 Å². The number of ether oxygens (including phenoxy) is 1. The van der Waals surface area contributed by atoms with Crippen molar-refractivity contribution in [2.24, 2.45) is 0 Å². The molecule has 0 aromatic carbocycles. The third-order valence-electron chi connectivity index (χ3n) is 1.33. The molecule has 66 valence electrons. The van der Waals surface area contributed by atoms with Crippen LogP contribution in [0.3, 0.4) is 0 Å². The molecule has 0 saturated carbocycles. The van der Waals surface area contributed by atoms with E-state index in [0.717, 1.165) is 19.6 Å². The molecule has 0 unspecified atom stereocenters. The van der Waals surface area contributed by atoms with E-state index in [1.54, 1.807) is 0 Å². The lowest BCUT2D eigenvalue weighted by molar-refractivity contribution is 0.0625. The molecule has 0 spiro atoms. The van der Waals surface area contributed by atoms with E-state index in [-0.39, 0.29) is 0 Å². The Morgan fingerprint density at radius 3 is 2.55 bits per heavy atom. The minimum Gasteiger partial charge on any atom is -0.361 e. The van der Waals surface area contributed by atoms with Crippen LogP contribution in [0.4, 0.5) is 0 Å². The molecular weight excluding hydrogens is 138 g/mol. The Kier molecular flexibility index (Phi) is 7.26. The number of rotatable bonds is 6. The van der Waals surface area contributed by atoms with Crippen LogP contribution in [0.1, 0.15) is 27.2 Å². The molecule has 0 fully saturated rings. The Labute approximate surface area is 69.8 Å². The standard InChI is InChI=1S/C9H19NO/c1-4-7-10(8-5-2)9-11-6-3/h4,7H,5-6,8-9H2,1-3H3. The van der Waals surface area contributed by atoms with E-state index in [0.29, 0.717) is 6.73 Å². The molecule has 2 heteroatoms. The van der Waals surface area contributed by atoms with Crippen molar-refractivity contribution < 1.29 is 4.74 Å². The average Bonchev–Trinajstić information content (AvgIpc) is 2.01. The molecule has 0 rings (SSSR count). The summed E-state index contributed by atoms with van der Waals surface area (Å²) in [6, 6.07) is 0. The molecule has 2 nitrogen and oxygen atoms in total. The Morgan fingerprint density at radius 1 is 1.36 bits per heavy atom. The van der Waals surface area contributed by atoms with Crippen LogP contribution in [0.15, 0.2) is 12.3 Å². The molecule has 0 aliphatic heterocycles. The van der Waals surface area contributed by atoms with Gasteiger partial charge in [0.25, 0.3) is 0 Å². The molecule has 0 heterocycles. The molecule has 11 heavy (non-hydrogen) atoms. The van der Waals surface area contributed by atoms with Gasteiger partial charge < -0.3 is 9.64 Å². The Morgan fingerprint density at radius 2 is 2.09 bits per heavy atom. The number of hydrogen-bond acceptors (Lipinski definition) is 2. The molecule has 0 atom stereocenters. The maximum absolute atomic E-state index is 5.28. The second kappa shape index (κ2) is 7.61. The van der Waals surface area contributed by atoms with Gasteiger partial charge in [0.15, 0.2) is 0 Å². The lowest BCUT2D eigenvalue weighted by Gasteiger charge is -2.18. The van der Waals surface area contributed by atoms with Crippen LogP contribution < -0.4 is 0 Å². The number of nitrogens with zero attached hydrogens (tertiary/aromatic N) is 1. The van der Waals surface area contributed by atoms with Gasteiger partial charge in [-0.1, -0.05) is 13.0 Å². The summed E-state index contributed by atoms with van der Waals surface area (Å²) in [5, 5.41) is 0. The Bertz CT molecular complexity index is 102. The van der Waals surface area contributed by atoms with E-state index in [1.165, 1.54) is 0 Å². The van der Waals surface area contributed by atoms with E-state index in [2.05, 4.69) is 18.0 Å². The van der Waals surface area contributed by atoms with E-state index < -0.39 is 0 Å². The van der Waals surface area contributed by atoms with E-state index >= 15 is 0 Å². The summed E-state index contributed by atoms with van der Waals surface area (Å²) in [5.41, 5.74) is 0. The van der Waals surface area contributed by atoms with Gasteiger partial charge in [0.05, 0.1) is 0 Å². The molecule has 0 N–H and O–H groups in total. The lowest BCUT2D eigenvalue weighted by Crippen LogP contribution is -2.21. The zero-order chi connectivity index (χ0) is 8.53. The molecular formula is C9H19NO. The summed E-state index contributed by atoms with van der Waals surface area (Å²) >= 11 is 0. The maximum atomic E-state index is 5.28. The van der Waals surface area contributed by atoms with Crippen molar-refractivity contribution in [2.75, 3.05) is 19.9 Å². The summed E-state index contributed by atoms with van der Waals surface area (Å²) in [7, 11) is 0. The van der Waals surface area contributed by atoms with Crippen LogP contribution in [0.2, 0.25) is 0 Å². The van der Waals surface area contributed by atoms with Crippen LogP contribution in [-0.2, 0) is 4.74 Å². The molecule has 0 radical (unpaired) electrons. The lowest BCUT2D eigenvalue weighted by atomic mass is 10.4. The minimum atomic E-state index is 0.717. The first-order chi connectivity index (χ1) is 5.35. The summed E-state index contributed by atoms with van der Waals surface area (Å²) in [4.78, 5) is 2.17. The predicted molar refractivity (Wildman–Crippen MR) is 48.3 cm³/mol. The second-order valence-electron chi connectivity index (χ2n) is 2.42. The molecule has 0 bridgehead atoms. The predicted octanol–water partition coefficient (Wildman–Crippen LogP) is 2.23. The Hall–Kier alpha value is -0.500. The van der Waals surface area contributed by atoms with Gasteiger partial charge in [-0.3, -0.25) is 0 Å². The highest BCUT2D eigenvalue weighted by Crippen LogP contribution is 1.93. The first-order valence-corrected chi connectivity index (χ1v) is 4.29. The first-order valence-electron chi connectivity index (χ1n) is 4.29. The highest BCUT2D eigenvalue weighted by Gasteiger charge is 1.94. The van der Waals surface area contributed by atoms with Gasteiger partial charge in [-0.05, 0) is 26.5 Å². The van der Waals surface area contributed by atoms with Crippen molar-refractivity contribution in [3.8, 4) is 0 Å². The summed E-state index contributed by atoms with van der Waals surface area (Å²) < 4.78 is 5.28. The van der Waals surface area contributed by atoms with Gasteiger partial charge in [0.2, 0.25) is 0 Å². The van der Waals surface area contributed by atoms with Gasteiger partial charge in [0, 0.05) is 13.2 Å². The molecule has 0 aliphatic carbocycles. The fourth-order valence-corrected chi connectivity index (χ4v) is 0.889. The maximum Gasteiger partial charge on any atom is 0.118 e. The van der Waals surface area contributed by atoms with Crippen molar-refractivity contribution in [1.82, 2.24) is 4.90 Å². The van der Waals surface area contributed by atoms with E-state index in [9.17, 15) is 0 Å². The van der Waals surface area contributed by atoms with Gasteiger partial charge in [-0.15, -0.1) is 0 Å². The zero-order valence-electron chi connectivity index (χ0n) is 7.84. The Balaban J connectivity index is 3.51. The number of allylic oxidation sites excluding steroid dienone is 1. The van der Waals surface area contributed by atoms with Crippen LogP contribution in [-0.4, -0.2) is 24.8 Å². The van der Waals surface area contributed by atoms with Crippen LogP contribution in [0, 0.1) is 0 Å². The highest BCUT2D eigenvalue weighted by molar-refractivity contribution is 4.76. The fourth-order valence-electron chi connectivity index (χ4n) is 0.889. The molecule has 0 saturated heterocycles. The molecule has 0 aromatic heterocycles. The van der Waals surface area contributed by atoms with Crippen molar-refractivity contribution >= 4 is 0 Å². The largest absolute Gasteiger partial charge is 0.361 e. The first kappa shape index (κ1) is 10.5. The van der Waals surface area contributed by atoms with Crippen LogP contribution in [0.5, 0.6) is 0 Å². The van der Waals surface area contributed by atoms with Gasteiger partial charge in [-0.25, -0.2) is 0 Å². The van der Waals surface area contributed by atoms with Gasteiger partial charge in [0.1, 0.15) is 6.73 Å². The van der Waals surface area contributed by atoms with Gasteiger partial charge in [-0.2, -0.15) is 0 Å². The van der Waals surface area contributed by atoms with Gasteiger partial charge >= 0.3 is 0 Å². The molecule has 0 amide bonds. The summed E-state index contributed by atoms with van der Waals surface area (Å²) in [6.45, 7) is 8.79. The quantitative estimate of drug-likeness (QED) is 0.548. The second-order valence-corrected chi connectivity index (χ2v) is 2.42. The smallest absolute Gasteiger partial charge is 0.118 e. The van der Waals surface area contributed by atoms with Crippen LogP contribution in [0.25, 0.3) is 0 Å². The number of hydrogen-bond donors (Lipinski definition) is 0. The van der Waals surface area contributed by atoms with Crippen molar-refractivity contribution in [3.05, 3.63) is 12.3 Å². The SMILES string of the molecule is CC=CN(CCC)COCC. The average molecular weight is 157 g/mol. The van der Waals surface area contributed by atoms with Crippen molar-refractivity contribution in [3.63, 3.8) is 0 Å². The van der Waals surface area contributed by atoms with E-state index in [4.69, 9.17) is 4.74 Å². The third-order valence-corrected chi connectivity index (χ3v) is 1.33. The summed E-state index contributed by atoms with van der Waals surface area (Å²) in [6.07, 6.45) is 5.27. The normalized spacial score (nSPS) is 10.8. The summed E-state index contributed by atoms with van der Waals surface area (Å²) in [5.74, 6) is 0. The fraction of sp³-hybridized carbons (Fsp3) is 0.778. The highest BCUT2D eigenvalue weighted by atomic mass is 16.5. The monoisotopic (exact) mass is 157 g/mol. The zero-order valence-corrected chi connectivity index (χ0v) is 7.84. The van der Waals surface area contributed by atoms with Crippen molar-refractivity contribution in [2.45, 2.75) is 27.2 Å². The van der Waals surface area contributed by atoms with E-state index in [1.807, 2.05) is 19.9 Å². The molecule has 0 aromatic rings. The third kappa shape index (κ3) is 5.92.